The van der Waals surface area contributed by atoms with Crippen molar-refractivity contribution in [2.24, 2.45) is 0 Å². The third kappa shape index (κ3) is 26.3. The molecule has 0 bridgehead atoms. The molecule has 0 saturated carbocycles. The maximum absolute atomic E-state index is 12.0. The Labute approximate surface area is 215 Å². The Kier molecular flexibility index (Phi) is 26.3. The van der Waals surface area contributed by atoms with Crippen molar-refractivity contribution < 1.29 is 19.0 Å². The molecule has 0 unspecified atom stereocenters. The van der Waals surface area contributed by atoms with E-state index in [1.807, 2.05) is 50.3 Å². The fourth-order valence-corrected chi connectivity index (χ4v) is 3.08. The molecule has 0 aliphatic rings. The first-order valence-electron chi connectivity index (χ1n) is 13.6. The second kappa shape index (κ2) is 28.1. The Balaban J connectivity index is 4.01. The van der Waals surface area contributed by atoms with E-state index < -0.39 is 5.97 Å². The van der Waals surface area contributed by atoms with Gasteiger partial charge in [0, 0.05) is 19.3 Å². The third-order valence-electron chi connectivity index (χ3n) is 4.93. The van der Waals surface area contributed by atoms with Crippen LogP contribution in [0.3, 0.4) is 0 Å². The Bertz CT molecular complexity index is 630. The lowest BCUT2D eigenvalue weighted by molar-refractivity contribution is -0.150. The number of hydrogen-bond acceptors (Lipinski definition) is 4. The lowest BCUT2D eigenvalue weighted by Gasteiger charge is -2.17. The van der Waals surface area contributed by atoms with Gasteiger partial charge in [-0.3, -0.25) is 0 Å². The Hall–Kier alpha value is -2.17. The van der Waals surface area contributed by atoms with Gasteiger partial charge in [0.1, 0.15) is 6.10 Å². The predicted molar refractivity (Wildman–Crippen MR) is 150 cm³/mol. The number of allylic oxidation sites excluding steroid dienone is 11. The van der Waals surface area contributed by atoms with Crippen LogP contribution in [-0.2, 0) is 19.0 Å². The molecule has 0 atom stereocenters. The predicted octanol–water partition coefficient (Wildman–Crippen LogP) is 8.23. The van der Waals surface area contributed by atoms with E-state index in [1.165, 1.54) is 51.0 Å². The third-order valence-corrected chi connectivity index (χ3v) is 4.93. The van der Waals surface area contributed by atoms with Crippen molar-refractivity contribution in [1.29, 1.82) is 0 Å². The zero-order valence-electron chi connectivity index (χ0n) is 22.5. The number of rotatable bonds is 23. The van der Waals surface area contributed by atoms with E-state index in [4.69, 9.17) is 14.2 Å². The van der Waals surface area contributed by atoms with Gasteiger partial charge in [0.15, 0.2) is 0 Å². The number of carbonyl (C=O) groups is 1. The van der Waals surface area contributed by atoms with Gasteiger partial charge in [-0.1, -0.05) is 126 Å². The molecule has 0 radical (unpaired) electrons. The highest BCUT2D eigenvalue weighted by molar-refractivity contribution is 5.82. The molecule has 4 nitrogen and oxygen atoms in total. The van der Waals surface area contributed by atoms with Gasteiger partial charge in [0.2, 0.25) is 0 Å². The average molecular weight is 487 g/mol. The van der Waals surface area contributed by atoms with Crippen LogP contribution in [-0.4, -0.2) is 38.5 Å². The quantitative estimate of drug-likeness (QED) is 0.0631. The first-order chi connectivity index (χ1) is 17.2. The summed E-state index contributed by atoms with van der Waals surface area (Å²) in [7, 11) is 0. The molecule has 0 N–H and O–H groups in total. The monoisotopic (exact) mass is 486 g/mol. The first kappa shape index (κ1) is 32.8. The van der Waals surface area contributed by atoms with Crippen molar-refractivity contribution in [3.8, 4) is 0 Å². The molecule has 0 aromatic heterocycles. The van der Waals surface area contributed by atoms with Crippen molar-refractivity contribution in [3.05, 3.63) is 72.9 Å². The maximum Gasteiger partial charge on any atom is 0.331 e. The zero-order valence-corrected chi connectivity index (χ0v) is 22.5. The van der Waals surface area contributed by atoms with E-state index >= 15 is 0 Å². The fraction of sp³-hybridized carbons (Fsp3) is 0.581. The van der Waals surface area contributed by atoms with Crippen LogP contribution in [0.15, 0.2) is 72.9 Å². The van der Waals surface area contributed by atoms with Gasteiger partial charge in [0.25, 0.3) is 0 Å². The van der Waals surface area contributed by atoms with Crippen LogP contribution in [0.1, 0.15) is 85.0 Å². The number of carbonyl (C=O) groups excluding carboxylic acids is 1. The molecule has 0 saturated heterocycles. The van der Waals surface area contributed by atoms with E-state index in [0.717, 1.165) is 19.3 Å². The van der Waals surface area contributed by atoms with Gasteiger partial charge in [-0.15, -0.1) is 0 Å². The summed E-state index contributed by atoms with van der Waals surface area (Å²) < 4.78 is 16.4. The van der Waals surface area contributed by atoms with Crippen LogP contribution in [0.25, 0.3) is 0 Å². The van der Waals surface area contributed by atoms with Crippen LogP contribution in [0.5, 0.6) is 0 Å². The largest absolute Gasteiger partial charge is 0.454 e. The topological polar surface area (TPSA) is 44.8 Å². The molecule has 0 rings (SSSR count). The van der Waals surface area contributed by atoms with E-state index in [0.29, 0.717) is 26.4 Å². The highest BCUT2D eigenvalue weighted by Crippen LogP contribution is 2.08. The summed E-state index contributed by atoms with van der Waals surface area (Å²) in [6.07, 6.45) is 35.1. The molecule has 0 aliphatic heterocycles. The van der Waals surface area contributed by atoms with Crippen LogP contribution < -0.4 is 0 Å². The SMILES string of the molecule is CCCCCCCCCC=CC=CC=CC=CC=CC=CC(=O)OC(COCCC)COCCC. The van der Waals surface area contributed by atoms with E-state index in [-0.39, 0.29) is 6.10 Å². The van der Waals surface area contributed by atoms with E-state index in [2.05, 4.69) is 25.2 Å². The smallest absolute Gasteiger partial charge is 0.331 e. The second-order valence-corrected chi connectivity index (χ2v) is 8.45. The number of unbranched alkanes of at least 4 members (excludes halogenated alkanes) is 7. The van der Waals surface area contributed by atoms with Crippen molar-refractivity contribution >= 4 is 5.97 Å². The summed E-state index contributed by atoms with van der Waals surface area (Å²) in [6.45, 7) is 8.34. The van der Waals surface area contributed by atoms with Crippen LogP contribution in [0.2, 0.25) is 0 Å². The molecule has 4 heteroatoms. The molecule has 35 heavy (non-hydrogen) atoms. The second-order valence-electron chi connectivity index (χ2n) is 8.45. The highest BCUT2D eigenvalue weighted by Gasteiger charge is 2.13. The molecule has 0 amide bonds. The number of hydrogen-bond donors (Lipinski definition) is 0. The summed E-state index contributed by atoms with van der Waals surface area (Å²) in [5, 5.41) is 0. The van der Waals surface area contributed by atoms with Crippen LogP contribution >= 0.6 is 0 Å². The van der Waals surface area contributed by atoms with Gasteiger partial charge >= 0.3 is 5.97 Å². The van der Waals surface area contributed by atoms with Gasteiger partial charge in [0.05, 0.1) is 13.2 Å². The molecule has 198 valence electrons. The lowest BCUT2D eigenvalue weighted by Crippen LogP contribution is -2.28. The molecule has 0 heterocycles. The minimum atomic E-state index is -0.395. The van der Waals surface area contributed by atoms with Gasteiger partial charge in [-0.25, -0.2) is 4.79 Å². The van der Waals surface area contributed by atoms with Gasteiger partial charge < -0.3 is 14.2 Å². The number of ether oxygens (including phenoxy) is 3. The molecule has 0 spiro atoms. The Morgan fingerprint density at radius 1 is 0.600 bits per heavy atom. The lowest BCUT2D eigenvalue weighted by atomic mass is 10.1. The Morgan fingerprint density at radius 2 is 1.09 bits per heavy atom. The summed E-state index contributed by atoms with van der Waals surface area (Å²) in [6, 6.07) is 0. The molecular formula is C31H50O4. The Morgan fingerprint density at radius 3 is 1.63 bits per heavy atom. The van der Waals surface area contributed by atoms with Gasteiger partial charge in [-0.2, -0.15) is 0 Å². The minimum absolute atomic E-state index is 0.353. The molecular weight excluding hydrogens is 436 g/mol. The van der Waals surface area contributed by atoms with Gasteiger partial charge in [-0.05, 0) is 25.7 Å². The molecule has 0 fully saturated rings. The van der Waals surface area contributed by atoms with Crippen LogP contribution in [0, 0.1) is 0 Å². The summed E-state index contributed by atoms with van der Waals surface area (Å²) >= 11 is 0. The van der Waals surface area contributed by atoms with E-state index in [9.17, 15) is 4.79 Å². The minimum Gasteiger partial charge on any atom is -0.454 e. The standard InChI is InChI=1S/C31H50O4/c1-4-7-8-9-10-11-12-13-14-15-16-17-18-19-20-21-22-23-24-25-31(32)35-30(28-33-26-5-2)29-34-27-6-3/h14-25,30H,4-13,26-29H2,1-3H3. The summed E-state index contributed by atoms with van der Waals surface area (Å²) in [4.78, 5) is 12.0. The summed E-state index contributed by atoms with van der Waals surface area (Å²) in [5.74, 6) is -0.395. The molecule has 0 aromatic carbocycles. The highest BCUT2D eigenvalue weighted by atomic mass is 16.6. The van der Waals surface area contributed by atoms with Crippen molar-refractivity contribution in [3.63, 3.8) is 0 Å². The van der Waals surface area contributed by atoms with Crippen molar-refractivity contribution in [1.82, 2.24) is 0 Å². The first-order valence-corrected chi connectivity index (χ1v) is 13.6. The van der Waals surface area contributed by atoms with Crippen molar-refractivity contribution in [2.45, 2.75) is 91.1 Å². The molecule has 0 aromatic rings. The summed E-state index contributed by atoms with van der Waals surface area (Å²) in [5.41, 5.74) is 0. The van der Waals surface area contributed by atoms with Crippen LogP contribution in [0.4, 0.5) is 0 Å². The zero-order chi connectivity index (χ0) is 25.7. The molecule has 0 aliphatic carbocycles. The average Bonchev–Trinajstić information content (AvgIpc) is 2.85. The number of esters is 1. The normalized spacial score (nSPS) is 12.8. The maximum atomic E-state index is 12.0. The fourth-order valence-electron chi connectivity index (χ4n) is 3.08. The van der Waals surface area contributed by atoms with E-state index in [1.54, 1.807) is 12.2 Å². The van der Waals surface area contributed by atoms with Crippen molar-refractivity contribution in [2.75, 3.05) is 26.4 Å².